The molecule has 0 spiro atoms. The van der Waals surface area contributed by atoms with Crippen LogP contribution in [-0.2, 0) is 14.3 Å². The van der Waals surface area contributed by atoms with E-state index in [2.05, 4.69) is 12.2 Å². The van der Waals surface area contributed by atoms with Gasteiger partial charge in [-0.05, 0) is 6.42 Å². The molecule has 0 unspecified atom stereocenters. The largest absolute Gasteiger partial charge is 0.466 e. The van der Waals surface area contributed by atoms with E-state index in [1.54, 1.807) is 0 Å². The van der Waals surface area contributed by atoms with Gasteiger partial charge in [0.2, 0.25) is 5.91 Å². The maximum Gasteiger partial charge on any atom is 0.307 e. The molecule has 0 saturated heterocycles. The van der Waals surface area contributed by atoms with E-state index in [4.69, 9.17) is 4.74 Å². The van der Waals surface area contributed by atoms with Crippen LogP contribution in [0.4, 0.5) is 0 Å². The highest BCUT2D eigenvalue weighted by molar-refractivity contribution is 5.78. The number of esters is 1. The van der Waals surface area contributed by atoms with Crippen LogP contribution >= 0.6 is 0 Å². The fraction of sp³-hybridized carbons (Fsp3) is 0.913. The van der Waals surface area contributed by atoms with Crippen LogP contribution in [0.2, 0.25) is 0 Å². The molecule has 0 aliphatic carbocycles. The Kier molecular flexibility index (Phi) is 18.9. The molecule has 0 atom stereocenters. The lowest BCUT2D eigenvalue weighted by Gasteiger charge is -2.08. The molecule has 0 heterocycles. The Labute approximate surface area is 168 Å². The predicted octanol–water partition coefficient (Wildman–Crippen LogP) is 6.17. The van der Waals surface area contributed by atoms with Gasteiger partial charge in [0.15, 0.2) is 0 Å². The van der Waals surface area contributed by atoms with Crippen LogP contribution in [0.15, 0.2) is 0 Å². The van der Waals surface area contributed by atoms with Gasteiger partial charge >= 0.3 is 5.97 Å². The average Bonchev–Trinajstić information content (AvgIpc) is 2.64. The molecule has 1 N–H and O–H groups in total. The zero-order valence-electron chi connectivity index (χ0n) is 18.3. The number of unbranched alkanes of at least 4 members (excludes halogenated alkanes) is 13. The molecule has 0 aliphatic heterocycles. The highest BCUT2D eigenvalue weighted by Crippen LogP contribution is 2.12. The number of hydrogen-bond acceptors (Lipinski definition) is 3. The number of hydrogen-bond donors (Lipinski definition) is 1. The molecule has 0 bridgehead atoms. The number of ether oxygens (including phenoxy) is 1. The van der Waals surface area contributed by atoms with Crippen molar-refractivity contribution in [3.8, 4) is 0 Å². The van der Waals surface area contributed by atoms with E-state index in [-0.39, 0.29) is 24.2 Å². The standard InChI is InChI=1S/C23H45NO3/c1-4-5-6-7-8-9-10-11-12-13-14-15-16-17-20-27-22(25)18-19-24-23(26)21(2)3/h21H,4-20H2,1-3H3,(H,24,26). The van der Waals surface area contributed by atoms with Gasteiger partial charge in [-0.3, -0.25) is 9.59 Å². The van der Waals surface area contributed by atoms with Gasteiger partial charge in [-0.1, -0.05) is 104 Å². The topological polar surface area (TPSA) is 55.4 Å². The van der Waals surface area contributed by atoms with Crippen LogP contribution < -0.4 is 5.32 Å². The quantitative estimate of drug-likeness (QED) is 0.214. The second kappa shape index (κ2) is 19.7. The third-order valence-corrected chi connectivity index (χ3v) is 4.91. The lowest BCUT2D eigenvalue weighted by Crippen LogP contribution is -2.30. The maximum atomic E-state index is 11.6. The summed E-state index contributed by atoms with van der Waals surface area (Å²) in [6, 6.07) is 0. The highest BCUT2D eigenvalue weighted by atomic mass is 16.5. The minimum Gasteiger partial charge on any atom is -0.466 e. The molecule has 0 aromatic rings. The van der Waals surface area contributed by atoms with Crippen molar-refractivity contribution < 1.29 is 14.3 Å². The molecule has 0 aliphatic rings. The van der Waals surface area contributed by atoms with Gasteiger partial charge in [0.25, 0.3) is 0 Å². The Bertz CT molecular complexity index is 356. The molecule has 27 heavy (non-hydrogen) atoms. The molecule has 0 fully saturated rings. The van der Waals surface area contributed by atoms with Crippen LogP contribution in [-0.4, -0.2) is 25.0 Å². The molecule has 160 valence electrons. The number of rotatable bonds is 19. The normalized spacial score (nSPS) is 11.0. The molecule has 0 saturated carbocycles. The minimum atomic E-state index is -0.214. The van der Waals surface area contributed by atoms with E-state index in [1.807, 2.05) is 13.8 Å². The first-order valence-corrected chi connectivity index (χ1v) is 11.5. The molecule has 0 rings (SSSR count). The monoisotopic (exact) mass is 383 g/mol. The molecule has 4 heteroatoms. The third-order valence-electron chi connectivity index (χ3n) is 4.91. The fourth-order valence-electron chi connectivity index (χ4n) is 3.05. The summed E-state index contributed by atoms with van der Waals surface area (Å²) in [6.07, 6.45) is 18.8. The fourth-order valence-corrected chi connectivity index (χ4v) is 3.05. The summed E-state index contributed by atoms with van der Waals surface area (Å²) in [5, 5.41) is 2.73. The summed E-state index contributed by atoms with van der Waals surface area (Å²) in [7, 11) is 0. The van der Waals surface area contributed by atoms with Gasteiger partial charge in [0.1, 0.15) is 0 Å². The Morgan fingerprint density at radius 1 is 0.741 bits per heavy atom. The Balaban J connectivity index is 3.20. The van der Waals surface area contributed by atoms with Crippen molar-refractivity contribution in [1.29, 1.82) is 0 Å². The SMILES string of the molecule is CCCCCCCCCCCCCCCCOC(=O)CCNC(=O)C(C)C. The first kappa shape index (κ1) is 25.9. The number of carbonyl (C=O) groups excluding carboxylic acids is 2. The van der Waals surface area contributed by atoms with E-state index in [0.29, 0.717) is 13.2 Å². The maximum absolute atomic E-state index is 11.6. The molecule has 0 aromatic heterocycles. The minimum absolute atomic E-state index is 0.0187. The summed E-state index contributed by atoms with van der Waals surface area (Å²) in [6.45, 7) is 6.82. The average molecular weight is 384 g/mol. The summed E-state index contributed by atoms with van der Waals surface area (Å²) in [4.78, 5) is 22.9. The summed E-state index contributed by atoms with van der Waals surface area (Å²) in [5.74, 6) is -0.278. The summed E-state index contributed by atoms with van der Waals surface area (Å²) < 4.78 is 5.20. The molecule has 0 aromatic carbocycles. The van der Waals surface area contributed by atoms with Crippen LogP contribution in [0.1, 0.15) is 117 Å². The number of nitrogens with one attached hydrogen (secondary N) is 1. The van der Waals surface area contributed by atoms with Gasteiger partial charge in [-0.15, -0.1) is 0 Å². The molecule has 1 amide bonds. The van der Waals surface area contributed by atoms with Crippen molar-refractivity contribution in [2.75, 3.05) is 13.2 Å². The second-order valence-electron chi connectivity index (χ2n) is 8.01. The van der Waals surface area contributed by atoms with Crippen LogP contribution in [0, 0.1) is 5.92 Å². The summed E-state index contributed by atoms with van der Waals surface area (Å²) >= 11 is 0. The van der Waals surface area contributed by atoms with E-state index in [1.165, 1.54) is 77.0 Å². The van der Waals surface area contributed by atoms with E-state index in [0.717, 1.165) is 12.8 Å². The zero-order valence-corrected chi connectivity index (χ0v) is 18.3. The van der Waals surface area contributed by atoms with Crippen molar-refractivity contribution in [3.63, 3.8) is 0 Å². The second-order valence-corrected chi connectivity index (χ2v) is 8.01. The van der Waals surface area contributed by atoms with E-state index >= 15 is 0 Å². The lowest BCUT2D eigenvalue weighted by atomic mass is 10.0. The predicted molar refractivity (Wildman–Crippen MR) is 114 cm³/mol. The summed E-state index contributed by atoms with van der Waals surface area (Å²) in [5.41, 5.74) is 0. The van der Waals surface area contributed by atoms with Crippen LogP contribution in [0.25, 0.3) is 0 Å². The first-order chi connectivity index (χ1) is 13.1. The zero-order chi connectivity index (χ0) is 20.2. The number of amides is 1. The lowest BCUT2D eigenvalue weighted by molar-refractivity contribution is -0.143. The van der Waals surface area contributed by atoms with Crippen molar-refractivity contribution in [2.24, 2.45) is 5.92 Å². The Hall–Kier alpha value is -1.06. The van der Waals surface area contributed by atoms with Crippen molar-refractivity contribution >= 4 is 11.9 Å². The smallest absolute Gasteiger partial charge is 0.307 e. The highest BCUT2D eigenvalue weighted by Gasteiger charge is 2.07. The molecule has 4 nitrogen and oxygen atoms in total. The van der Waals surface area contributed by atoms with Gasteiger partial charge in [0.05, 0.1) is 13.0 Å². The molecular formula is C23H45NO3. The Morgan fingerprint density at radius 3 is 1.63 bits per heavy atom. The third kappa shape index (κ3) is 19.5. The van der Waals surface area contributed by atoms with Gasteiger partial charge in [0, 0.05) is 12.5 Å². The van der Waals surface area contributed by atoms with Crippen LogP contribution in [0.5, 0.6) is 0 Å². The van der Waals surface area contributed by atoms with Gasteiger partial charge in [-0.25, -0.2) is 0 Å². The van der Waals surface area contributed by atoms with Crippen molar-refractivity contribution in [2.45, 2.75) is 117 Å². The van der Waals surface area contributed by atoms with E-state index in [9.17, 15) is 9.59 Å². The molecule has 0 radical (unpaired) electrons. The van der Waals surface area contributed by atoms with Crippen molar-refractivity contribution in [3.05, 3.63) is 0 Å². The van der Waals surface area contributed by atoms with E-state index < -0.39 is 0 Å². The molecular weight excluding hydrogens is 338 g/mol. The Morgan fingerprint density at radius 2 is 1.19 bits per heavy atom. The van der Waals surface area contributed by atoms with Gasteiger partial charge in [-0.2, -0.15) is 0 Å². The van der Waals surface area contributed by atoms with Crippen LogP contribution in [0.3, 0.4) is 0 Å². The van der Waals surface area contributed by atoms with Gasteiger partial charge < -0.3 is 10.1 Å². The number of carbonyl (C=O) groups is 2. The first-order valence-electron chi connectivity index (χ1n) is 11.5. The van der Waals surface area contributed by atoms with Crippen molar-refractivity contribution in [1.82, 2.24) is 5.32 Å².